The molecule has 0 radical (unpaired) electrons. The van der Waals surface area contributed by atoms with E-state index in [9.17, 15) is 0 Å². The maximum atomic E-state index is 5.88. The lowest BCUT2D eigenvalue weighted by molar-refractivity contribution is 0.158. The molecule has 0 saturated heterocycles. The molecule has 0 spiro atoms. The molecule has 0 rings (SSSR count). The van der Waals surface area contributed by atoms with Gasteiger partial charge in [-0.15, -0.1) is 0 Å². The van der Waals surface area contributed by atoms with Crippen molar-refractivity contribution in [2.24, 2.45) is 11.7 Å². The first-order chi connectivity index (χ1) is 7.52. The fourth-order valence-electron chi connectivity index (χ4n) is 2.33. The van der Waals surface area contributed by atoms with Crippen molar-refractivity contribution in [2.75, 3.05) is 13.6 Å². The van der Waals surface area contributed by atoms with Crippen molar-refractivity contribution in [1.82, 2.24) is 4.90 Å². The highest BCUT2D eigenvalue weighted by molar-refractivity contribution is 4.75. The summed E-state index contributed by atoms with van der Waals surface area (Å²) in [4.78, 5) is 2.48. The number of nitrogens with two attached hydrogens (primary N) is 1. The van der Waals surface area contributed by atoms with Crippen LogP contribution in [0.3, 0.4) is 0 Å². The van der Waals surface area contributed by atoms with Crippen LogP contribution in [0, 0.1) is 5.92 Å². The Bertz CT molecular complexity index is 157. The molecular weight excluding hydrogens is 196 g/mol. The third-order valence-electron chi connectivity index (χ3n) is 3.50. The molecule has 2 unspecified atom stereocenters. The molecule has 0 amide bonds. The van der Waals surface area contributed by atoms with Crippen LogP contribution >= 0.6 is 0 Å². The van der Waals surface area contributed by atoms with Crippen molar-refractivity contribution in [1.29, 1.82) is 0 Å². The fourth-order valence-corrected chi connectivity index (χ4v) is 2.33. The minimum absolute atomic E-state index is 0.570. The Kier molecular flexibility index (Phi) is 8.96. The van der Waals surface area contributed by atoms with Crippen molar-refractivity contribution in [2.45, 2.75) is 71.9 Å². The first-order valence-corrected chi connectivity index (χ1v) is 6.94. The molecule has 98 valence electrons. The minimum Gasteiger partial charge on any atom is -0.329 e. The Hall–Kier alpha value is -0.0800. The van der Waals surface area contributed by atoms with Gasteiger partial charge in [-0.2, -0.15) is 0 Å². The van der Waals surface area contributed by atoms with Crippen molar-refractivity contribution >= 4 is 0 Å². The number of hydrogen-bond donors (Lipinski definition) is 1. The number of nitrogens with zero attached hydrogens (tertiary/aromatic N) is 1. The van der Waals surface area contributed by atoms with E-state index >= 15 is 0 Å². The average molecular weight is 228 g/mol. The first-order valence-electron chi connectivity index (χ1n) is 6.94. The van der Waals surface area contributed by atoms with Gasteiger partial charge in [0, 0.05) is 18.6 Å². The van der Waals surface area contributed by atoms with Crippen molar-refractivity contribution in [3.63, 3.8) is 0 Å². The largest absolute Gasteiger partial charge is 0.329 e. The zero-order chi connectivity index (χ0) is 12.6. The van der Waals surface area contributed by atoms with Crippen LogP contribution in [0.15, 0.2) is 0 Å². The van der Waals surface area contributed by atoms with Gasteiger partial charge in [-0.05, 0) is 32.7 Å². The van der Waals surface area contributed by atoms with Crippen molar-refractivity contribution in [3.8, 4) is 0 Å². The summed E-state index contributed by atoms with van der Waals surface area (Å²) in [5.74, 6) is 0.770. The molecule has 0 aromatic carbocycles. The van der Waals surface area contributed by atoms with Crippen LogP contribution in [0.2, 0.25) is 0 Å². The molecule has 2 N–H and O–H groups in total. The molecule has 2 nitrogen and oxygen atoms in total. The van der Waals surface area contributed by atoms with Gasteiger partial charge in [0.15, 0.2) is 0 Å². The molecule has 2 atom stereocenters. The number of rotatable bonds is 9. The number of likely N-dealkylation sites (N-methyl/N-ethyl adjacent to an activating group) is 1. The van der Waals surface area contributed by atoms with E-state index in [1.165, 1.54) is 32.1 Å². The van der Waals surface area contributed by atoms with Gasteiger partial charge in [0.25, 0.3) is 0 Å². The molecule has 16 heavy (non-hydrogen) atoms. The molecule has 0 bridgehead atoms. The molecule has 0 aliphatic carbocycles. The number of hydrogen-bond acceptors (Lipinski definition) is 2. The third kappa shape index (κ3) is 6.49. The summed E-state index contributed by atoms with van der Waals surface area (Å²) in [6.45, 7) is 9.95. The quantitative estimate of drug-likeness (QED) is 0.614. The second-order valence-corrected chi connectivity index (χ2v) is 5.53. The summed E-state index contributed by atoms with van der Waals surface area (Å²) >= 11 is 0. The maximum absolute atomic E-state index is 5.88. The minimum atomic E-state index is 0.570. The van der Waals surface area contributed by atoms with Crippen LogP contribution < -0.4 is 5.73 Å². The van der Waals surface area contributed by atoms with Gasteiger partial charge in [-0.25, -0.2) is 0 Å². The van der Waals surface area contributed by atoms with Gasteiger partial charge in [0.05, 0.1) is 0 Å². The summed E-state index contributed by atoms with van der Waals surface area (Å²) in [6, 6.07) is 1.22. The van der Waals surface area contributed by atoms with E-state index in [2.05, 4.69) is 39.6 Å². The molecule has 0 aromatic heterocycles. The van der Waals surface area contributed by atoms with E-state index in [4.69, 9.17) is 5.73 Å². The maximum Gasteiger partial charge on any atom is 0.0218 e. The zero-order valence-corrected chi connectivity index (χ0v) is 12.0. The van der Waals surface area contributed by atoms with E-state index in [1.54, 1.807) is 0 Å². The monoisotopic (exact) mass is 228 g/mol. The zero-order valence-electron chi connectivity index (χ0n) is 12.0. The Labute approximate surface area is 103 Å². The van der Waals surface area contributed by atoms with E-state index in [0.717, 1.165) is 12.5 Å². The molecule has 2 heteroatoms. The lowest BCUT2D eigenvalue weighted by Crippen LogP contribution is -2.43. The van der Waals surface area contributed by atoms with Gasteiger partial charge in [0.1, 0.15) is 0 Å². The molecule has 0 aromatic rings. The molecular formula is C14H32N2. The van der Waals surface area contributed by atoms with Crippen LogP contribution in [0.1, 0.15) is 59.8 Å². The van der Waals surface area contributed by atoms with Crippen LogP contribution in [-0.4, -0.2) is 30.6 Å². The van der Waals surface area contributed by atoms with E-state index < -0.39 is 0 Å². The molecule has 0 saturated carbocycles. The topological polar surface area (TPSA) is 29.3 Å². The Morgan fingerprint density at radius 1 is 1.12 bits per heavy atom. The van der Waals surface area contributed by atoms with Gasteiger partial charge < -0.3 is 5.73 Å². The van der Waals surface area contributed by atoms with Gasteiger partial charge in [0.2, 0.25) is 0 Å². The molecule has 0 heterocycles. The second-order valence-electron chi connectivity index (χ2n) is 5.53. The second kappa shape index (κ2) is 9.00. The fraction of sp³-hybridized carbons (Fsp3) is 1.00. The summed E-state index contributed by atoms with van der Waals surface area (Å²) < 4.78 is 0. The highest BCUT2D eigenvalue weighted by Gasteiger charge is 2.18. The van der Waals surface area contributed by atoms with Crippen LogP contribution in [0.25, 0.3) is 0 Å². The van der Waals surface area contributed by atoms with Gasteiger partial charge >= 0.3 is 0 Å². The van der Waals surface area contributed by atoms with Gasteiger partial charge in [-0.1, -0.05) is 40.0 Å². The molecule has 0 aliphatic heterocycles. The van der Waals surface area contributed by atoms with E-state index in [0.29, 0.717) is 12.1 Å². The highest BCUT2D eigenvalue weighted by Crippen LogP contribution is 2.15. The Morgan fingerprint density at radius 2 is 1.75 bits per heavy atom. The summed E-state index contributed by atoms with van der Waals surface area (Å²) in [7, 11) is 2.23. The normalized spacial score (nSPS) is 15.8. The van der Waals surface area contributed by atoms with Crippen molar-refractivity contribution in [3.05, 3.63) is 0 Å². The first kappa shape index (κ1) is 15.9. The lowest BCUT2D eigenvalue weighted by atomic mass is 10.0. The lowest BCUT2D eigenvalue weighted by Gasteiger charge is -2.33. The van der Waals surface area contributed by atoms with E-state index in [-0.39, 0.29) is 0 Å². The summed E-state index contributed by atoms with van der Waals surface area (Å²) in [5.41, 5.74) is 5.88. The predicted molar refractivity (Wildman–Crippen MR) is 73.7 cm³/mol. The Morgan fingerprint density at radius 3 is 2.19 bits per heavy atom. The van der Waals surface area contributed by atoms with Crippen LogP contribution in [0.5, 0.6) is 0 Å². The number of unbranched alkanes of at least 4 members (excludes halogenated alkanes) is 2. The average Bonchev–Trinajstić information content (AvgIpc) is 2.22. The van der Waals surface area contributed by atoms with Crippen LogP contribution in [-0.2, 0) is 0 Å². The van der Waals surface area contributed by atoms with Crippen molar-refractivity contribution < 1.29 is 0 Å². The Balaban J connectivity index is 4.02. The third-order valence-corrected chi connectivity index (χ3v) is 3.50. The van der Waals surface area contributed by atoms with Gasteiger partial charge in [-0.3, -0.25) is 4.90 Å². The highest BCUT2D eigenvalue weighted by atomic mass is 15.2. The summed E-state index contributed by atoms with van der Waals surface area (Å²) in [6.07, 6.45) is 6.46. The van der Waals surface area contributed by atoms with Crippen LogP contribution in [0.4, 0.5) is 0 Å². The van der Waals surface area contributed by atoms with E-state index in [1.807, 2.05) is 0 Å². The standard InChI is InChI=1S/C14H32N2/c1-6-7-8-9-14(11-15)16(5)13(4)10-12(2)3/h12-14H,6-11,15H2,1-5H3. The smallest absolute Gasteiger partial charge is 0.0218 e. The predicted octanol–water partition coefficient (Wildman–Crippen LogP) is 3.26. The SMILES string of the molecule is CCCCCC(CN)N(C)C(C)CC(C)C. The summed E-state index contributed by atoms with van der Waals surface area (Å²) in [5, 5.41) is 0. The molecule has 0 fully saturated rings. The molecule has 0 aliphatic rings.